The van der Waals surface area contributed by atoms with Crippen LogP contribution in [-0.2, 0) is 75.8 Å². The Hall–Kier alpha value is -10.8. The highest BCUT2D eigenvalue weighted by atomic mass is 35.5. The van der Waals surface area contributed by atoms with E-state index in [1.807, 2.05) is 0 Å². The van der Waals surface area contributed by atoms with E-state index in [4.69, 9.17) is 82.7 Å². The normalized spacial score (nSPS) is 24.3. The van der Waals surface area contributed by atoms with E-state index in [1.165, 1.54) is 141 Å². The van der Waals surface area contributed by atoms with Crippen molar-refractivity contribution in [2.75, 3.05) is 33.5 Å². The highest BCUT2D eigenvalue weighted by Gasteiger charge is 2.60. The van der Waals surface area contributed by atoms with E-state index in [9.17, 15) is 43.5 Å². The maximum Gasteiger partial charge on any atom is 0.338 e. The van der Waals surface area contributed by atoms with Gasteiger partial charge in [0.1, 0.15) is 56.4 Å². The zero-order valence-corrected chi connectivity index (χ0v) is 55.5. The molecule has 1 N–H and O–H groups in total. The third-order valence-electron chi connectivity index (χ3n) is 16.4. The van der Waals surface area contributed by atoms with Gasteiger partial charge < -0.3 is 76.2 Å². The minimum absolute atomic E-state index is 0.00935. The standard InChI is InChI=1S/C77H67ClO25/c1-89-75-65(100-73(87)52-38-22-8-23-39-52)63(99-72(86)51-36-20-7-21-37-51)61(56(93-75)44-92-68(82)47-28-12-3-13-29-47)102-77-66(101-74(88)53-40-24-9-25-41-53)64(60(54(94-77)42-90-45-57(78)79)97-70(84)49-32-16-5-17-33-49)103-76-62(98-71(85)50-34-18-6-19-35-50)58(80)59(96-69(83)48-30-14-4-15-31-48)55(95-76)43-91-67(81)46-26-10-2-11-27-46/h2-41,54-56,58-66,75-77,80H,42-45H2,1H3/t54-,55-,56-,58+,59+,60+,61-,62-,63+,64+,65+,66-,75+,76+,77+/m1/s1. The van der Waals surface area contributed by atoms with E-state index < -0.39 is 172 Å². The molecule has 3 aliphatic heterocycles. The largest absolute Gasteiger partial charge is 0.459 e. The lowest BCUT2D eigenvalue weighted by molar-refractivity contribution is -0.377. The Kier molecular flexibility index (Phi) is 25.4. The Labute approximate surface area is 594 Å². The number of aliphatic hydroxyl groups excluding tert-OH is 1. The van der Waals surface area contributed by atoms with E-state index in [-0.39, 0.29) is 44.5 Å². The van der Waals surface area contributed by atoms with Gasteiger partial charge in [-0.3, -0.25) is 4.79 Å². The number of benzene rings is 8. The van der Waals surface area contributed by atoms with Gasteiger partial charge in [0.25, 0.3) is 0 Å². The number of carbonyl (C=O) groups is 9. The summed E-state index contributed by atoms with van der Waals surface area (Å²) in [5.74, 6) is -8.21. The maximum atomic E-state index is 15.2. The number of methoxy groups -OCH3 is 1. The summed E-state index contributed by atoms with van der Waals surface area (Å²) in [5, 5.41) is 12.0. The van der Waals surface area contributed by atoms with E-state index >= 15 is 4.79 Å². The highest BCUT2D eigenvalue weighted by molar-refractivity contribution is 6.63. The smallest absolute Gasteiger partial charge is 0.338 e. The Morgan fingerprint density at radius 2 is 0.573 bits per heavy atom. The first kappa shape index (κ1) is 73.4. The van der Waals surface area contributed by atoms with Crippen LogP contribution in [0.25, 0.3) is 0 Å². The van der Waals surface area contributed by atoms with Crippen molar-refractivity contribution < 1.29 is 119 Å². The van der Waals surface area contributed by atoms with Crippen molar-refractivity contribution in [2.45, 2.75) is 92.1 Å². The van der Waals surface area contributed by atoms with Crippen LogP contribution in [0.3, 0.4) is 0 Å². The fourth-order valence-electron chi connectivity index (χ4n) is 11.4. The van der Waals surface area contributed by atoms with Gasteiger partial charge in [-0.15, -0.1) is 0 Å². The predicted octanol–water partition coefficient (Wildman–Crippen LogP) is 8.79. The van der Waals surface area contributed by atoms with Crippen molar-refractivity contribution in [3.63, 3.8) is 0 Å². The van der Waals surface area contributed by atoms with Crippen LogP contribution in [0.4, 0.5) is 0 Å². The van der Waals surface area contributed by atoms with Gasteiger partial charge in [0.15, 0.2) is 55.5 Å². The van der Waals surface area contributed by atoms with Gasteiger partial charge >= 0.3 is 47.8 Å². The van der Waals surface area contributed by atoms with Crippen LogP contribution < -0.4 is 0 Å². The summed E-state index contributed by atoms with van der Waals surface area (Å²) in [6.45, 7) is -3.23. The second-order valence-corrected chi connectivity index (χ2v) is 23.7. The molecule has 3 saturated heterocycles. The number of carbonyl (C=O) groups excluding carboxylic acids is 9. The first-order valence-corrected chi connectivity index (χ1v) is 32.7. The van der Waals surface area contributed by atoms with Gasteiger partial charge in [-0.25, -0.2) is 38.4 Å². The molecule has 15 atom stereocenters. The number of rotatable bonds is 27. The molecule has 11 rings (SSSR count). The van der Waals surface area contributed by atoms with Gasteiger partial charge in [-0.05, 0) is 109 Å². The minimum atomic E-state index is -2.26. The summed E-state index contributed by atoms with van der Waals surface area (Å²) < 4.78 is 95.5. The molecule has 0 aliphatic carbocycles. The van der Waals surface area contributed by atoms with Crippen molar-refractivity contribution in [2.24, 2.45) is 0 Å². The SMILES string of the molecule is CO[C@H]1O[C@H](COC(=O)c2ccccc2)[C@@H](O[C@@H]2O[C@H](COCC(=O)Cl)[C@H](OC(=O)c3ccccc3)[C@H](O[C@@H]3O[C@H](COC(=O)c4ccccc4)[C@H](OC(=O)c4ccccc4)[C@H](O)[C@H]3OC(=O)c3ccccc3)[C@H]2OC(=O)c2ccccc2)[C@H](OC(=O)c2ccccc2)[C@@H]1OC(=O)c1ccccc1. The molecule has 103 heavy (non-hydrogen) atoms. The number of ether oxygens (including phenoxy) is 15. The molecule has 0 bridgehead atoms. The van der Waals surface area contributed by atoms with Crippen LogP contribution in [0.1, 0.15) is 82.9 Å². The van der Waals surface area contributed by atoms with Crippen molar-refractivity contribution in [3.8, 4) is 0 Å². The summed E-state index contributed by atoms with van der Waals surface area (Å²) in [4.78, 5) is 128. The summed E-state index contributed by atoms with van der Waals surface area (Å²) in [7, 11) is 1.19. The summed E-state index contributed by atoms with van der Waals surface area (Å²) in [6.07, 6.45) is -30.0. The van der Waals surface area contributed by atoms with E-state index in [2.05, 4.69) is 0 Å². The zero-order chi connectivity index (χ0) is 72.2. The number of aliphatic hydroxyl groups is 1. The quantitative estimate of drug-likeness (QED) is 0.0285. The second-order valence-electron chi connectivity index (χ2n) is 23.3. The van der Waals surface area contributed by atoms with Gasteiger partial charge in [-0.1, -0.05) is 146 Å². The first-order chi connectivity index (χ1) is 50.1. The Balaban J connectivity index is 1.09. The maximum absolute atomic E-state index is 15.2. The molecule has 532 valence electrons. The molecule has 8 aromatic carbocycles. The van der Waals surface area contributed by atoms with Crippen molar-refractivity contribution in [3.05, 3.63) is 287 Å². The van der Waals surface area contributed by atoms with Crippen LogP contribution in [-0.4, -0.2) is 184 Å². The molecule has 3 heterocycles. The summed E-state index contributed by atoms with van der Waals surface area (Å²) >= 11 is 5.88. The van der Waals surface area contributed by atoms with E-state index in [0.29, 0.717) is 0 Å². The number of hydrogen-bond acceptors (Lipinski definition) is 25. The molecule has 3 aliphatic rings. The van der Waals surface area contributed by atoms with Crippen LogP contribution in [0, 0.1) is 0 Å². The van der Waals surface area contributed by atoms with E-state index in [1.54, 1.807) is 109 Å². The average molecular weight is 1430 g/mol. The molecule has 0 amide bonds. The third kappa shape index (κ3) is 19.0. The molecule has 3 fully saturated rings. The van der Waals surface area contributed by atoms with Gasteiger partial charge in [0.05, 0.1) is 51.1 Å². The molecule has 25 nitrogen and oxygen atoms in total. The second kappa shape index (κ2) is 35.7. The lowest BCUT2D eigenvalue weighted by Crippen LogP contribution is -2.69. The Morgan fingerprint density at radius 1 is 0.311 bits per heavy atom. The molecular formula is C77H67ClO25. The third-order valence-corrected chi connectivity index (χ3v) is 16.5. The summed E-state index contributed by atoms with van der Waals surface area (Å²) in [6, 6.07) is 60.6. The molecule has 0 spiro atoms. The lowest BCUT2D eigenvalue weighted by atomic mass is 9.95. The van der Waals surface area contributed by atoms with Crippen LogP contribution in [0.15, 0.2) is 243 Å². The lowest BCUT2D eigenvalue weighted by Gasteiger charge is -2.50. The molecule has 0 radical (unpaired) electrons. The van der Waals surface area contributed by atoms with Gasteiger partial charge in [0, 0.05) is 7.11 Å². The van der Waals surface area contributed by atoms with Crippen LogP contribution in [0.2, 0.25) is 0 Å². The van der Waals surface area contributed by atoms with Crippen molar-refractivity contribution in [1.29, 1.82) is 0 Å². The molecule has 8 aromatic rings. The molecule has 26 heteroatoms. The monoisotopic (exact) mass is 1430 g/mol. The predicted molar refractivity (Wildman–Crippen MR) is 358 cm³/mol. The van der Waals surface area contributed by atoms with Crippen LogP contribution >= 0.6 is 11.6 Å². The molecule has 0 aromatic heterocycles. The average Bonchev–Trinajstić information content (AvgIpc) is 0.759. The minimum Gasteiger partial charge on any atom is -0.459 e. The molecular weight excluding hydrogens is 1360 g/mol. The van der Waals surface area contributed by atoms with Crippen molar-refractivity contribution >= 4 is 64.6 Å². The van der Waals surface area contributed by atoms with Crippen LogP contribution in [0.5, 0.6) is 0 Å². The fourth-order valence-corrected chi connectivity index (χ4v) is 11.4. The fraction of sp³-hybridized carbons (Fsp3) is 0.260. The zero-order valence-electron chi connectivity index (χ0n) is 54.7. The molecule has 0 unspecified atom stereocenters. The molecule has 0 saturated carbocycles. The number of halogens is 1. The Bertz CT molecular complexity index is 4150. The number of esters is 8. The van der Waals surface area contributed by atoms with Gasteiger partial charge in [0.2, 0.25) is 5.24 Å². The first-order valence-electron chi connectivity index (χ1n) is 32.4. The van der Waals surface area contributed by atoms with Crippen molar-refractivity contribution in [1.82, 2.24) is 0 Å². The summed E-state index contributed by atoms with van der Waals surface area (Å²) in [5.41, 5.74) is -0.153. The number of hydrogen-bond donors (Lipinski definition) is 1. The topological polar surface area (TPSA) is 312 Å². The Morgan fingerprint density at radius 3 is 0.922 bits per heavy atom. The highest BCUT2D eigenvalue weighted by Crippen LogP contribution is 2.39. The van der Waals surface area contributed by atoms with E-state index in [0.717, 1.165) is 0 Å². The van der Waals surface area contributed by atoms with Gasteiger partial charge in [-0.2, -0.15) is 0 Å².